The fourth-order valence-corrected chi connectivity index (χ4v) is 3.97. The van der Waals surface area contributed by atoms with Crippen LogP contribution < -0.4 is 5.32 Å². The second-order valence-corrected chi connectivity index (χ2v) is 6.08. The average molecular weight is 275 g/mol. The number of aliphatic hydroxyl groups is 1. The molecule has 4 atom stereocenters. The van der Waals surface area contributed by atoms with Gasteiger partial charge in [-0.15, -0.1) is 0 Å². The van der Waals surface area contributed by atoms with Crippen LogP contribution in [0.4, 0.5) is 0 Å². The van der Waals surface area contributed by atoms with Crippen molar-refractivity contribution < 1.29 is 15.0 Å². The summed E-state index contributed by atoms with van der Waals surface area (Å²) in [6, 6.07) is 7.03. The van der Waals surface area contributed by atoms with E-state index in [4.69, 9.17) is 0 Å². The van der Waals surface area contributed by atoms with E-state index in [0.29, 0.717) is 17.4 Å². The first kappa shape index (κ1) is 13.4. The second kappa shape index (κ2) is 5.44. The van der Waals surface area contributed by atoms with Gasteiger partial charge in [0.1, 0.15) is 5.75 Å². The van der Waals surface area contributed by atoms with Crippen LogP contribution in [0, 0.1) is 17.8 Å². The van der Waals surface area contributed by atoms with Crippen LogP contribution in [0.15, 0.2) is 24.3 Å². The van der Waals surface area contributed by atoms with Crippen LogP contribution in [-0.2, 0) is 11.2 Å². The molecular formula is C16H21NO3. The number of fused-ring (bicyclic) bond motifs is 2. The number of aliphatic hydroxyl groups excluding tert-OH is 1. The molecule has 0 radical (unpaired) electrons. The maximum Gasteiger partial charge on any atom is 0.224 e. The van der Waals surface area contributed by atoms with Crippen molar-refractivity contribution in [2.24, 2.45) is 17.8 Å². The number of carbonyl (C=O) groups excluding carboxylic acids is 1. The lowest BCUT2D eigenvalue weighted by molar-refractivity contribution is -0.122. The number of hydrogen-bond donors (Lipinski definition) is 3. The number of amides is 1. The van der Waals surface area contributed by atoms with Gasteiger partial charge in [-0.25, -0.2) is 0 Å². The number of aromatic hydroxyl groups is 1. The van der Waals surface area contributed by atoms with Gasteiger partial charge in [0, 0.05) is 24.1 Å². The summed E-state index contributed by atoms with van der Waals surface area (Å²) in [6.45, 7) is 0.155. The minimum atomic E-state index is -0.0671. The van der Waals surface area contributed by atoms with E-state index in [1.807, 2.05) is 6.07 Å². The number of phenolic OH excluding ortho intramolecular Hbond substituents is 1. The molecule has 0 heterocycles. The molecule has 0 saturated heterocycles. The molecule has 0 aliphatic heterocycles. The Balaban J connectivity index is 1.63. The minimum Gasteiger partial charge on any atom is -0.508 e. The summed E-state index contributed by atoms with van der Waals surface area (Å²) in [6.07, 6.45) is 3.66. The molecule has 1 aromatic rings. The Labute approximate surface area is 118 Å². The van der Waals surface area contributed by atoms with Crippen LogP contribution in [0.25, 0.3) is 0 Å². The van der Waals surface area contributed by atoms with Gasteiger partial charge in [0.15, 0.2) is 0 Å². The molecule has 2 bridgehead atoms. The Morgan fingerprint density at radius 3 is 2.75 bits per heavy atom. The number of phenols is 1. The standard InChI is InChI=1S/C16H21NO3/c18-9-13-10-5-6-12(7-10)16(13)17-15(20)8-11-3-1-2-4-14(11)19/h1-4,10,12-13,16,18-19H,5-9H2,(H,17,20). The SMILES string of the molecule is O=C(Cc1ccccc1O)NC1C2CCC(C2)C1CO. The van der Waals surface area contributed by atoms with Gasteiger partial charge in [-0.3, -0.25) is 4.79 Å². The molecular weight excluding hydrogens is 254 g/mol. The number of benzene rings is 1. The number of nitrogens with one attached hydrogen (secondary N) is 1. The van der Waals surface area contributed by atoms with Gasteiger partial charge in [0.05, 0.1) is 6.42 Å². The summed E-state index contributed by atoms with van der Waals surface area (Å²) in [4.78, 5) is 12.2. The van der Waals surface area contributed by atoms with Gasteiger partial charge in [0.25, 0.3) is 0 Å². The number of para-hydroxylation sites is 1. The second-order valence-electron chi connectivity index (χ2n) is 6.08. The highest BCUT2D eigenvalue weighted by atomic mass is 16.3. The van der Waals surface area contributed by atoms with Crippen LogP contribution in [0.2, 0.25) is 0 Å². The van der Waals surface area contributed by atoms with Gasteiger partial charge in [-0.1, -0.05) is 18.2 Å². The quantitative estimate of drug-likeness (QED) is 0.779. The van der Waals surface area contributed by atoms with E-state index in [1.54, 1.807) is 18.2 Å². The molecule has 4 heteroatoms. The first-order chi connectivity index (χ1) is 9.69. The van der Waals surface area contributed by atoms with Gasteiger partial charge < -0.3 is 15.5 Å². The first-order valence-electron chi connectivity index (χ1n) is 7.36. The lowest BCUT2D eigenvalue weighted by Gasteiger charge is -2.30. The van der Waals surface area contributed by atoms with Crippen molar-refractivity contribution in [3.63, 3.8) is 0 Å². The van der Waals surface area contributed by atoms with Crippen LogP contribution in [0.1, 0.15) is 24.8 Å². The third-order valence-electron chi connectivity index (χ3n) is 4.97. The molecule has 20 heavy (non-hydrogen) atoms. The average Bonchev–Trinajstić information content (AvgIpc) is 3.02. The molecule has 3 N–H and O–H groups in total. The van der Waals surface area contributed by atoms with E-state index in [9.17, 15) is 15.0 Å². The van der Waals surface area contributed by atoms with E-state index >= 15 is 0 Å². The van der Waals surface area contributed by atoms with E-state index in [2.05, 4.69) is 5.32 Å². The van der Waals surface area contributed by atoms with E-state index in [-0.39, 0.29) is 36.6 Å². The highest BCUT2D eigenvalue weighted by molar-refractivity contribution is 5.79. The van der Waals surface area contributed by atoms with Crippen LogP contribution in [0.5, 0.6) is 5.75 Å². The third-order valence-corrected chi connectivity index (χ3v) is 4.97. The van der Waals surface area contributed by atoms with Crippen molar-refractivity contribution in [2.75, 3.05) is 6.61 Å². The van der Waals surface area contributed by atoms with Crippen molar-refractivity contribution >= 4 is 5.91 Å². The van der Waals surface area contributed by atoms with Crippen molar-refractivity contribution in [3.05, 3.63) is 29.8 Å². The lowest BCUT2D eigenvalue weighted by atomic mass is 9.85. The fraction of sp³-hybridized carbons (Fsp3) is 0.562. The maximum absolute atomic E-state index is 12.2. The summed E-state index contributed by atoms with van der Waals surface area (Å²) in [7, 11) is 0. The first-order valence-corrected chi connectivity index (χ1v) is 7.36. The summed E-state index contributed by atoms with van der Waals surface area (Å²) < 4.78 is 0. The Bertz CT molecular complexity index is 502. The highest BCUT2D eigenvalue weighted by Crippen LogP contribution is 2.48. The Kier molecular flexibility index (Phi) is 3.66. The molecule has 0 spiro atoms. The topological polar surface area (TPSA) is 69.6 Å². The van der Waals surface area contributed by atoms with E-state index in [0.717, 1.165) is 12.8 Å². The van der Waals surface area contributed by atoms with Crippen LogP contribution in [-0.4, -0.2) is 28.8 Å². The normalized spacial score (nSPS) is 31.4. The number of carbonyl (C=O) groups is 1. The maximum atomic E-state index is 12.2. The summed E-state index contributed by atoms with van der Waals surface area (Å²) >= 11 is 0. The van der Waals surface area contributed by atoms with Crippen molar-refractivity contribution in [2.45, 2.75) is 31.7 Å². The highest BCUT2D eigenvalue weighted by Gasteiger charge is 2.47. The van der Waals surface area contributed by atoms with Crippen molar-refractivity contribution in [1.29, 1.82) is 0 Å². The molecule has 108 valence electrons. The Morgan fingerprint density at radius 1 is 1.25 bits per heavy atom. The molecule has 1 aromatic carbocycles. The smallest absolute Gasteiger partial charge is 0.224 e. The number of rotatable bonds is 4. The van der Waals surface area contributed by atoms with E-state index < -0.39 is 0 Å². The summed E-state index contributed by atoms with van der Waals surface area (Å²) in [5.41, 5.74) is 0.647. The molecule has 3 rings (SSSR count). The zero-order chi connectivity index (χ0) is 14.1. The molecule has 0 aromatic heterocycles. The largest absolute Gasteiger partial charge is 0.508 e. The summed E-state index contributed by atoms with van der Waals surface area (Å²) in [5, 5.41) is 22.3. The Morgan fingerprint density at radius 2 is 2.00 bits per heavy atom. The fourth-order valence-electron chi connectivity index (χ4n) is 3.97. The molecule has 2 aliphatic rings. The molecule has 4 unspecified atom stereocenters. The van der Waals surface area contributed by atoms with Gasteiger partial charge >= 0.3 is 0 Å². The molecule has 2 saturated carbocycles. The molecule has 2 fully saturated rings. The zero-order valence-corrected chi connectivity index (χ0v) is 11.5. The molecule has 4 nitrogen and oxygen atoms in total. The number of hydrogen-bond acceptors (Lipinski definition) is 3. The van der Waals surface area contributed by atoms with Crippen LogP contribution in [0.3, 0.4) is 0 Å². The predicted molar refractivity (Wildman–Crippen MR) is 75.1 cm³/mol. The van der Waals surface area contributed by atoms with Gasteiger partial charge in [0.2, 0.25) is 5.91 Å². The predicted octanol–water partition coefficient (Wildman–Crippen LogP) is 1.46. The Hall–Kier alpha value is -1.55. The zero-order valence-electron chi connectivity index (χ0n) is 11.5. The summed E-state index contributed by atoms with van der Waals surface area (Å²) in [5.74, 6) is 1.39. The van der Waals surface area contributed by atoms with Crippen LogP contribution >= 0.6 is 0 Å². The molecule has 1 amide bonds. The monoisotopic (exact) mass is 275 g/mol. The lowest BCUT2D eigenvalue weighted by Crippen LogP contribution is -2.45. The van der Waals surface area contributed by atoms with E-state index in [1.165, 1.54) is 6.42 Å². The molecule has 2 aliphatic carbocycles. The van der Waals surface area contributed by atoms with Crippen molar-refractivity contribution in [1.82, 2.24) is 5.32 Å². The third kappa shape index (κ3) is 2.40. The van der Waals surface area contributed by atoms with Crippen molar-refractivity contribution in [3.8, 4) is 5.75 Å². The minimum absolute atomic E-state index is 0.0671. The van der Waals surface area contributed by atoms with Gasteiger partial charge in [-0.05, 0) is 37.2 Å². The van der Waals surface area contributed by atoms with Gasteiger partial charge in [-0.2, -0.15) is 0 Å².